The molecule has 0 aromatic heterocycles. The number of carbonyl (C=O) groups excluding carboxylic acids is 1. The number of hydrogen-bond acceptors (Lipinski definition) is 2. The van der Waals surface area contributed by atoms with Crippen molar-refractivity contribution >= 4 is 17.6 Å². The molecule has 1 amide bonds. The number of benzene rings is 1. The van der Waals surface area contributed by atoms with Gasteiger partial charge in [0.2, 0.25) is 5.91 Å². The van der Waals surface area contributed by atoms with Gasteiger partial charge in [-0.25, -0.2) is 4.79 Å². The van der Waals surface area contributed by atoms with E-state index in [0.717, 1.165) is 12.8 Å². The molecule has 0 saturated heterocycles. The molecule has 0 unspecified atom stereocenters. The number of rotatable bonds is 5. The third-order valence-corrected chi connectivity index (χ3v) is 2.50. The lowest BCUT2D eigenvalue weighted by atomic mass is 10.1. The highest BCUT2D eigenvalue weighted by Gasteiger charge is 2.08. The van der Waals surface area contributed by atoms with Crippen molar-refractivity contribution in [2.75, 3.05) is 5.32 Å². The summed E-state index contributed by atoms with van der Waals surface area (Å²) in [4.78, 5) is 22.3. The van der Waals surface area contributed by atoms with Gasteiger partial charge in [-0.15, -0.1) is 0 Å². The Balaban J connectivity index is 2.70. The predicted molar refractivity (Wildman–Crippen MR) is 66.3 cm³/mol. The van der Waals surface area contributed by atoms with Crippen LogP contribution in [0.3, 0.4) is 0 Å². The highest BCUT2D eigenvalue weighted by atomic mass is 16.4. The van der Waals surface area contributed by atoms with Gasteiger partial charge in [-0.05, 0) is 37.1 Å². The van der Waals surface area contributed by atoms with Crippen LogP contribution in [0.2, 0.25) is 0 Å². The smallest absolute Gasteiger partial charge is 0.335 e. The van der Waals surface area contributed by atoms with Gasteiger partial charge in [-0.2, -0.15) is 0 Å². The van der Waals surface area contributed by atoms with E-state index in [4.69, 9.17) is 5.11 Å². The highest BCUT2D eigenvalue weighted by Crippen LogP contribution is 2.15. The predicted octanol–water partition coefficient (Wildman–Crippen LogP) is 2.82. The highest BCUT2D eigenvalue weighted by molar-refractivity contribution is 5.93. The second-order valence-corrected chi connectivity index (χ2v) is 3.99. The number of carbonyl (C=O) groups is 2. The van der Waals surface area contributed by atoms with E-state index in [2.05, 4.69) is 5.32 Å². The van der Waals surface area contributed by atoms with Gasteiger partial charge < -0.3 is 10.4 Å². The largest absolute Gasteiger partial charge is 0.478 e. The van der Waals surface area contributed by atoms with Crippen LogP contribution in [0.5, 0.6) is 0 Å². The van der Waals surface area contributed by atoms with Gasteiger partial charge in [0.15, 0.2) is 0 Å². The van der Waals surface area contributed by atoms with Crippen LogP contribution >= 0.6 is 0 Å². The maximum Gasteiger partial charge on any atom is 0.335 e. The molecule has 0 atom stereocenters. The van der Waals surface area contributed by atoms with Gasteiger partial charge in [0.1, 0.15) is 0 Å². The number of carboxylic acids is 1. The van der Waals surface area contributed by atoms with E-state index >= 15 is 0 Å². The first-order valence-corrected chi connectivity index (χ1v) is 5.68. The average molecular weight is 235 g/mol. The second kappa shape index (κ2) is 6.03. The first kappa shape index (κ1) is 13.2. The molecule has 0 aliphatic carbocycles. The van der Waals surface area contributed by atoms with E-state index in [1.165, 1.54) is 6.07 Å². The normalized spacial score (nSPS) is 10.0. The molecule has 1 aromatic carbocycles. The van der Waals surface area contributed by atoms with E-state index in [0.29, 0.717) is 17.7 Å². The number of anilines is 1. The van der Waals surface area contributed by atoms with Crippen molar-refractivity contribution in [2.24, 2.45) is 0 Å². The fourth-order valence-electron chi connectivity index (χ4n) is 1.54. The Morgan fingerprint density at radius 2 is 2.06 bits per heavy atom. The summed E-state index contributed by atoms with van der Waals surface area (Å²) in [6.07, 6.45) is 2.33. The van der Waals surface area contributed by atoms with Gasteiger partial charge in [-0.3, -0.25) is 4.79 Å². The van der Waals surface area contributed by atoms with E-state index in [9.17, 15) is 9.59 Å². The first-order chi connectivity index (χ1) is 8.04. The average Bonchev–Trinajstić information content (AvgIpc) is 2.26. The summed E-state index contributed by atoms with van der Waals surface area (Å²) in [5, 5.41) is 11.6. The molecular formula is C13H17NO3. The number of carboxylic acid groups (broad SMARTS) is 1. The van der Waals surface area contributed by atoms with Crippen molar-refractivity contribution in [3.8, 4) is 0 Å². The van der Waals surface area contributed by atoms with E-state index in [-0.39, 0.29) is 11.5 Å². The van der Waals surface area contributed by atoms with Crippen LogP contribution in [0.4, 0.5) is 5.69 Å². The van der Waals surface area contributed by atoms with E-state index in [1.807, 2.05) is 6.92 Å². The number of aromatic carboxylic acids is 1. The Labute approximate surface area is 101 Å². The molecule has 17 heavy (non-hydrogen) atoms. The maximum absolute atomic E-state index is 11.5. The Morgan fingerprint density at radius 1 is 1.35 bits per heavy atom. The van der Waals surface area contributed by atoms with Crippen LogP contribution in [0.25, 0.3) is 0 Å². The molecule has 0 aliphatic heterocycles. The topological polar surface area (TPSA) is 66.4 Å². The Bertz CT molecular complexity index is 427. The van der Waals surface area contributed by atoms with Crippen LogP contribution in [0, 0.1) is 6.92 Å². The zero-order valence-electron chi connectivity index (χ0n) is 10.1. The Hall–Kier alpha value is -1.84. The molecular weight excluding hydrogens is 218 g/mol. The number of nitrogens with one attached hydrogen (secondary N) is 1. The minimum Gasteiger partial charge on any atom is -0.478 e. The zero-order chi connectivity index (χ0) is 12.8. The maximum atomic E-state index is 11.5. The fraction of sp³-hybridized carbons (Fsp3) is 0.385. The van der Waals surface area contributed by atoms with Crippen molar-refractivity contribution in [1.29, 1.82) is 0 Å². The molecule has 0 fully saturated rings. The van der Waals surface area contributed by atoms with Gasteiger partial charge >= 0.3 is 5.97 Å². The Kier molecular flexibility index (Phi) is 4.69. The van der Waals surface area contributed by atoms with Crippen molar-refractivity contribution in [2.45, 2.75) is 33.1 Å². The quantitative estimate of drug-likeness (QED) is 0.824. The molecule has 4 nitrogen and oxygen atoms in total. The summed E-state index contributed by atoms with van der Waals surface area (Å²) in [5.41, 5.74) is 1.55. The van der Waals surface area contributed by atoms with Crippen molar-refractivity contribution < 1.29 is 14.7 Å². The number of hydrogen-bond donors (Lipinski definition) is 2. The second-order valence-electron chi connectivity index (χ2n) is 3.99. The van der Waals surface area contributed by atoms with Gasteiger partial charge in [-0.1, -0.05) is 13.3 Å². The summed E-state index contributed by atoms with van der Waals surface area (Å²) in [5.74, 6) is -0.985. The molecule has 0 radical (unpaired) electrons. The summed E-state index contributed by atoms with van der Waals surface area (Å²) in [6, 6.07) is 4.79. The third-order valence-electron chi connectivity index (χ3n) is 2.50. The molecule has 92 valence electrons. The van der Waals surface area contributed by atoms with Crippen LogP contribution in [-0.2, 0) is 4.79 Å². The van der Waals surface area contributed by atoms with Crippen LogP contribution in [0.1, 0.15) is 42.1 Å². The minimum atomic E-state index is -0.952. The van der Waals surface area contributed by atoms with Crippen molar-refractivity contribution in [1.82, 2.24) is 0 Å². The van der Waals surface area contributed by atoms with Crippen molar-refractivity contribution in [3.63, 3.8) is 0 Å². The van der Waals surface area contributed by atoms with Gasteiger partial charge in [0, 0.05) is 12.1 Å². The van der Waals surface area contributed by atoms with Crippen LogP contribution in [-0.4, -0.2) is 17.0 Å². The van der Waals surface area contributed by atoms with Crippen LogP contribution in [0.15, 0.2) is 18.2 Å². The number of aryl methyl sites for hydroxylation is 1. The lowest BCUT2D eigenvalue weighted by Gasteiger charge is -2.07. The molecule has 4 heteroatoms. The SMILES string of the molecule is CCCCC(=O)Nc1ccc(C(=O)O)c(C)c1. The monoisotopic (exact) mass is 235 g/mol. The molecule has 0 aliphatic rings. The summed E-state index contributed by atoms with van der Waals surface area (Å²) in [7, 11) is 0. The lowest BCUT2D eigenvalue weighted by Crippen LogP contribution is -2.11. The molecule has 1 rings (SSSR count). The van der Waals surface area contributed by atoms with Crippen molar-refractivity contribution in [3.05, 3.63) is 29.3 Å². The molecule has 2 N–H and O–H groups in total. The minimum absolute atomic E-state index is 0.0330. The fourth-order valence-corrected chi connectivity index (χ4v) is 1.54. The zero-order valence-corrected chi connectivity index (χ0v) is 10.1. The Morgan fingerprint density at radius 3 is 2.59 bits per heavy atom. The first-order valence-electron chi connectivity index (χ1n) is 5.68. The number of amides is 1. The lowest BCUT2D eigenvalue weighted by molar-refractivity contribution is -0.116. The third kappa shape index (κ3) is 3.90. The molecule has 0 bridgehead atoms. The summed E-state index contributed by atoms with van der Waals surface area (Å²) >= 11 is 0. The standard InChI is InChI=1S/C13H17NO3/c1-3-4-5-12(15)14-10-6-7-11(13(16)17)9(2)8-10/h6-8H,3-5H2,1-2H3,(H,14,15)(H,16,17). The molecule has 0 saturated carbocycles. The van der Waals surface area contributed by atoms with E-state index < -0.39 is 5.97 Å². The molecule has 1 aromatic rings. The number of unbranched alkanes of at least 4 members (excludes halogenated alkanes) is 1. The molecule has 0 heterocycles. The van der Waals surface area contributed by atoms with Gasteiger partial charge in [0.25, 0.3) is 0 Å². The summed E-state index contributed by atoms with van der Waals surface area (Å²) in [6.45, 7) is 3.74. The molecule has 0 spiro atoms. The van der Waals surface area contributed by atoms with Crippen LogP contribution < -0.4 is 5.32 Å². The van der Waals surface area contributed by atoms with Gasteiger partial charge in [0.05, 0.1) is 5.56 Å². The van der Waals surface area contributed by atoms with E-state index in [1.54, 1.807) is 19.1 Å². The summed E-state index contributed by atoms with van der Waals surface area (Å²) < 4.78 is 0.